The molecular weight excluding hydrogens is 174 g/mol. The Bertz CT molecular complexity index is 117. The first-order valence-electron chi connectivity index (χ1n) is 4.57. The van der Waals surface area contributed by atoms with Crippen LogP contribution in [0.4, 0.5) is 0 Å². The van der Waals surface area contributed by atoms with Crippen LogP contribution in [0.15, 0.2) is 0 Å². The smallest absolute Gasteiger partial charge is 0.0605 e. The summed E-state index contributed by atoms with van der Waals surface area (Å²) in [5, 5.41) is 3.41. The van der Waals surface area contributed by atoms with Gasteiger partial charge in [0.25, 0.3) is 0 Å². The summed E-state index contributed by atoms with van der Waals surface area (Å²) < 4.78 is 5.72. The van der Waals surface area contributed by atoms with Crippen molar-refractivity contribution in [2.24, 2.45) is 0 Å². The molecule has 74 valence electrons. The zero-order valence-electron chi connectivity index (χ0n) is 8.17. The van der Waals surface area contributed by atoms with Crippen LogP contribution in [0.3, 0.4) is 0 Å². The van der Waals surface area contributed by atoms with E-state index in [9.17, 15) is 0 Å². The summed E-state index contributed by atoms with van der Waals surface area (Å²) in [5.41, 5.74) is 0. The second-order valence-electron chi connectivity index (χ2n) is 3.69. The molecule has 0 aromatic heterocycles. The average Bonchev–Trinajstić information content (AvgIpc) is 1.85. The molecule has 0 bridgehead atoms. The standard InChI is InChI=1S/C9H19NO.ClH/c1-7(2)11-9-4-5-10-8(3)6-9;/h7-10H,4-6H2,1-3H3;1H/t8-,9?;/m1./s1. The van der Waals surface area contributed by atoms with Gasteiger partial charge in [0.15, 0.2) is 0 Å². The molecule has 2 nitrogen and oxygen atoms in total. The van der Waals surface area contributed by atoms with E-state index in [-0.39, 0.29) is 12.4 Å². The van der Waals surface area contributed by atoms with E-state index in [1.54, 1.807) is 0 Å². The van der Waals surface area contributed by atoms with Gasteiger partial charge in [0.2, 0.25) is 0 Å². The molecule has 12 heavy (non-hydrogen) atoms. The fraction of sp³-hybridized carbons (Fsp3) is 1.00. The van der Waals surface area contributed by atoms with Crippen LogP contribution in [0.25, 0.3) is 0 Å². The zero-order valence-corrected chi connectivity index (χ0v) is 8.99. The van der Waals surface area contributed by atoms with E-state index >= 15 is 0 Å². The Morgan fingerprint density at radius 1 is 1.42 bits per heavy atom. The monoisotopic (exact) mass is 193 g/mol. The molecule has 0 saturated carbocycles. The van der Waals surface area contributed by atoms with Crippen LogP contribution < -0.4 is 5.32 Å². The van der Waals surface area contributed by atoms with E-state index < -0.39 is 0 Å². The summed E-state index contributed by atoms with van der Waals surface area (Å²) in [6, 6.07) is 0.632. The van der Waals surface area contributed by atoms with E-state index in [0.29, 0.717) is 18.2 Å². The Kier molecular flexibility index (Phi) is 5.89. The van der Waals surface area contributed by atoms with Gasteiger partial charge in [-0.1, -0.05) is 0 Å². The number of rotatable bonds is 2. The second kappa shape index (κ2) is 5.79. The first kappa shape index (κ1) is 12.2. The third-order valence-corrected chi connectivity index (χ3v) is 2.04. The predicted molar refractivity (Wildman–Crippen MR) is 54.0 cm³/mol. The largest absolute Gasteiger partial charge is 0.375 e. The van der Waals surface area contributed by atoms with E-state index in [0.717, 1.165) is 13.0 Å². The molecule has 3 heteroatoms. The molecule has 1 rings (SSSR count). The number of piperidine rings is 1. The molecule has 0 aliphatic carbocycles. The highest BCUT2D eigenvalue weighted by atomic mass is 35.5. The summed E-state index contributed by atoms with van der Waals surface area (Å²) >= 11 is 0. The molecule has 1 fully saturated rings. The molecule has 1 aliphatic heterocycles. The van der Waals surface area contributed by atoms with E-state index in [1.807, 2.05) is 0 Å². The second-order valence-corrected chi connectivity index (χ2v) is 3.69. The van der Waals surface area contributed by atoms with Crippen LogP contribution in [0, 0.1) is 0 Å². The van der Waals surface area contributed by atoms with Crippen LogP contribution in [0.2, 0.25) is 0 Å². The van der Waals surface area contributed by atoms with Gasteiger partial charge in [-0.15, -0.1) is 12.4 Å². The highest BCUT2D eigenvalue weighted by Gasteiger charge is 2.19. The van der Waals surface area contributed by atoms with Gasteiger partial charge in [0, 0.05) is 6.04 Å². The lowest BCUT2D eigenvalue weighted by Gasteiger charge is -2.29. The summed E-state index contributed by atoms with van der Waals surface area (Å²) in [6.45, 7) is 7.54. The molecule has 1 aliphatic rings. The molecule has 0 spiro atoms. The number of ether oxygens (including phenoxy) is 1. The highest BCUT2D eigenvalue weighted by Crippen LogP contribution is 2.13. The van der Waals surface area contributed by atoms with Crippen LogP contribution in [0.1, 0.15) is 33.6 Å². The van der Waals surface area contributed by atoms with Gasteiger partial charge in [-0.3, -0.25) is 0 Å². The first-order chi connectivity index (χ1) is 5.18. The lowest BCUT2D eigenvalue weighted by atomic mass is 10.0. The molecule has 0 radical (unpaired) electrons. The minimum absolute atomic E-state index is 0. The Morgan fingerprint density at radius 2 is 2.08 bits per heavy atom. The third kappa shape index (κ3) is 4.29. The summed E-state index contributed by atoms with van der Waals surface area (Å²) in [7, 11) is 0. The van der Waals surface area contributed by atoms with Crippen molar-refractivity contribution < 1.29 is 4.74 Å². The van der Waals surface area contributed by atoms with Crippen LogP contribution >= 0.6 is 12.4 Å². The Hall–Kier alpha value is 0.210. The van der Waals surface area contributed by atoms with Gasteiger partial charge < -0.3 is 10.1 Å². The van der Waals surface area contributed by atoms with E-state index in [4.69, 9.17) is 4.74 Å². The average molecular weight is 194 g/mol. The SMILES string of the molecule is CC(C)OC1CCN[C@H](C)C1.Cl. The molecular formula is C9H20ClNO. The van der Waals surface area contributed by atoms with Gasteiger partial charge in [-0.25, -0.2) is 0 Å². The maximum Gasteiger partial charge on any atom is 0.0605 e. The first-order valence-corrected chi connectivity index (χ1v) is 4.57. The van der Waals surface area contributed by atoms with Crippen molar-refractivity contribution in [1.82, 2.24) is 5.32 Å². The molecule has 0 aromatic carbocycles. The number of nitrogens with one attached hydrogen (secondary N) is 1. The van der Waals surface area contributed by atoms with Crippen LogP contribution in [-0.4, -0.2) is 24.8 Å². The van der Waals surface area contributed by atoms with Gasteiger partial charge in [-0.05, 0) is 40.2 Å². The normalized spacial score (nSPS) is 30.0. The summed E-state index contributed by atoms with van der Waals surface area (Å²) in [6.07, 6.45) is 3.21. The van der Waals surface area contributed by atoms with Gasteiger partial charge in [0.05, 0.1) is 12.2 Å². The minimum atomic E-state index is 0. The van der Waals surface area contributed by atoms with Crippen molar-refractivity contribution in [3.63, 3.8) is 0 Å². The molecule has 2 atom stereocenters. The number of hydrogen-bond acceptors (Lipinski definition) is 2. The van der Waals surface area contributed by atoms with Crippen molar-refractivity contribution in [3.8, 4) is 0 Å². The Morgan fingerprint density at radius 3 is 2.58 bits per heavy atom. The van der Waals surface area contributed by atoms with Crippen molar-refractivity contribution in [2.75, 3.05) is 6.54 Å². The molecule has 0 aromatic rings. The molecule has 1 unspecified atom stereocenters. The van der Waals surface area contributed by atoms with Crippen molar-refractivity contribution in [3.05, 3.63) is 0 Å². The minimum Gasteiger partial charge on any atom is -0.375 e. The van der Waals surface area contributed by atoms with Gasteiger partial charge in [-0.2, -0.15) is 0 Å². The van der Waals surface area contributed by atoms with Gasteiger partial charge in [0.1, 0.15) is 0 Å². The van der Waals surface area contributed by atoms with E-state index in [2.05, 4.69) is 26.1 Å². The maximum atomic E-state index is 5.72. The van der Waals surface area contributed by atoms with Crippen molar-refractivity contribution in [1.29, 1.82) is 0 Å². The van der Waals surface area contributed by atoms with Crippen LogP contribution in [-0.2, 0) is 4.74 Å². The quantitative estimate of drug-likeness (QED) is 0.724. The topological polar surface area (TPSA) is 21.3 Å². The fourth-order valence-electron chi connectivity index (χ4n) is 1.59. The van der Waals surface area contributed by atoms with Crippen LogP contribution in [0.5, 0.6) is 0 Å². The Labute approximate surface area is 81.5 Å². The molecule has 0 amide bonds. The number of halogens is 1. The summed E-state index contributed by atoms with van der Waals surface area (Å²) in [5.74, 6) is 0. The lowest BCUT2D eigenvalue weighted by molar-refractivity contribution is -0.0150. The summed E-state index contributed by atoms with van der Waals surface area (Å²) in [4.78, 5) is 0. The van der Waals surface area contributed by atoms with Crippen molar-refractivity contribution in [2.45, 2.75) is 51.9 Å². The molecule has 1 saturated heterocycles. The maximum absolute atomic E-state index is 5.72. The predicted octanol–water partition coefficient (Wildman–Crippen LogP) is 1.97. The molecule has 1 N–H and O–H groups in total. The Balaban J connectivity index is 0.00000121. The van der Waals surface area contributed by atoms with Gasteiger partial charge >= 0.3 is 0 Å². The van der Waals surface area contributed by atoms with E-state index in [1.165, 1.54) is 6.42 Å². The lowest BCUT2D eigenvalue weighted by Crippen LogP contribution is -2.40. The van der Waals surface area contributed by atoms with Crippen molar-refractivity contribution >= 4 is 12.4 Å². The fourth-order valence-corrected chi connectivity index (χ4v) is 1.59. The highest BCUT2D eigenvalue weighted by molar-refractivity contribution is 5.85. The zero-order chi connectivity index (χ0) is 8.27. The third-order valence-electron chi connectivity index (χ3n) is 2.04. The molecule has 1 heterocycles. The number of hydrogen-bond donors (Lipinski definition) is 1.